The molecule has 0 spiro atoms. The Bertz CT molecular complexity index is 640. The van der Waals surface area contributed by atoms with Crippen LogP contribution in [0.4, 0.5) is 11.5 Å². The summed E-state index contributed by atoms with van der Waals surface area (Å²) >= 11 is 0. The zero-order chi connectivity index (χ0) is 15.6. The third kappa shape index (κ3) is 2.76. The van der Waals surface area contributed by atoms with Crippen molar-refractivity contribution in [2.45, 2.75) is 19.8 Å². The maximum absolute atomic E-state index is 11.3. The third-order valence-corrected chi connectivity index (χ3v) is 3.69. The van der Waals surface area contributed by atoms with Crippen LogP contribution < -0.4 is 4.90 Å². The predicted molar refractivity (Wildman–Crippen MR) is 72.8 cm³/mol. The molecule has 1 unspecified atom stereocenters. The minimum absolute atomic E-state index is 0.100. The summed E-state index contributed by atoms with van der Waals surface area (Å²) in [5, 5.41) is 29.2. The number of carboxylic acids is 1. The van der Waals surface area contributed by atoms with Gasteiger partial charge in [0.25, 0.3) is 0 Å². The van der Waals surface area contributed by atoms with Gasteiger partial charge in [-0.2, -0.15) is 5.26 Å². The van der Waals surface area contributed by atoms with Crippen molar-refractivity contribution >= 4 is 17.5 Å². The van der Waals surface area contributed by atoms with Crippen LogP contribution in [0, 0.1) is 26.9 Å². The SMILES string of the molecule is CC1(C(=O)O)CCCN(c2ncc(C#N)cc2[N+](=O)[O-])C1. The first-order chi connectivity index (χ1) is 9.87. The number of hydrogen-bond acceptors (Lipinski definition) is 6. The molecular weight excluding hydrogens is 276 g/mol. The van der Waals surface area contributed by atoms with E-state index in [1.54, 1.807) is 11.8 Å². The van der Waals surface area contributed by atoms with Gasteiger partial charge in [-0.3, -0.25) is 14.9 Å². The molecule has 1 aromatic heterocycles. The zero-order valence-electron chi connectivity index (χ0n) is 11.4. The molecule has 8 heteroatoms. The lowest BCUT2D eigenvalue weighted by atomic mass is 9.82. The number of rotatable bonds is 3. The molecule has 21 heavy (non-hydrogen) atoms. The number of carboxylic acid groups (broad SMARTS) is 1. The molecule has 0 aliphatic carbocycles. The van der Waals surface area contributed by atoms with E-state index in [1.165, 1.54) is 6.20 Å². The second-order valence-corrected chi connectivity index (χ2v) is 5.33. The molecule has 1 aliphatic heterocycles. The van der Waals surface area contributed by atoms with Gasteiger partial charge in [-0.15, -0.1) is 0 Å². The third-order valence-electron chi connectivity index (χ3n) is 3.69. The van der Waals surface area contributed by atoms with E-state index in [0.29, 0.717) is 19.4 Å². The van der Waals surface area contributed by atoms with E-state index in [-0.39, 0.29) is 23.6 Å². The van der Waals surface area contributed by atoms with E-state index in [4.69, 9.17) is 5.26 Å². The van der Waals surface area contributed by atoms with Crippen molar-refractivity contribution in [3.8, 4) is 6.07 Å². The van der Waals surface area contributed by atoms with Gasteiger partial charge in [0.15, 0.2) is 0 Å². The van der Waals surface area contributed by atoms with Gasteiger partial charge < -0.3 is 10.0 Å². The predicted octanol–water partition coefficient (Wildman–Crippen LogP) is 1.55. The number of piperidine rings is 1. The van der Waals surface area contributed by atoms with Crippen molar-refractivity contribution < 1.29 is 14.8 Å². The molecule has 0 bridgehead atoms. The van der Waals surface area contributed by atoms with Crippen LogP contribution in [-0.2, 0) is 4.79 Å². The zero-order valence-corrected chi connectivity index (χ0v) is 11.4. The highest BCUT2D eigenvalue weighted by molar-refractivity contribution is 5.76. The lowest BCUT2D eigenvalue weighted by molar-refractivity contribution is -0.384. The summed E-state index contributed by atoms with van der Waals surface area (Å²) in [7, 11) is 0. The van der Waals surface area contributed by atoms with Gasteiger partial charge in [0.2, 0.25) is 5.82 Å². The lowest BCUT2D eigenvalue weighted by Crippen LogP contribution is -2.46. The molecule has 1 N–H and O–H groups in total. The molecule has 1 fully saturated rings. The maximum atomic E-state index is 11.3. The number of pyridine rings is 1. The second kappa shape index (κ2) is 5.36. The first-order valence-corrected chi connectivity index (χ1v) is 6.40. The molecule has 0 aromatic carbocycles. The average Bonchev–Trinajstić information content (AvgIpc) is 2.46. The van der Waals surface area contributed by atoms with Crippen molar-refractivity contribution in [1.82, 2.24) is 4.98 Å². The highest BCUT2D eigenvalue weighted by Crippen LogP contribution is 2.35. The fourth-order valence-electron chi connectivity index (χ4n) is 2.48. The van der Waals surface area contributed by atoms with E-state index in [2.05, 4.69) is 4.98 Å². The second-order valence-electron chi connectivity index (χ2n) is 5.33. The van der Waals surface area contributed by atoms with E-state index >= 15 is 0 Å². The van der Waals surface area contributed by atoms with E-state index in [9.17, 15) is 20.0 Å². The van der Waals surface area contributed by atoms with Crippen molar-refractivity contribution in [1.29, 1.82) is 5.26 Å². The number of hydrogen-bond donors (Lipinski definition) is 1. The quantitative estimate of drug-likeness (QED) is 0.662. The Balaban J connectivity index is 2.40. The van der Waals surface area contributed by atoms with Crippen molar-refractivity contribution in [2.24, 2.45) is 5.41 Å². The van der Waals surface area contributed by atoms with Crippen LogP contribution in [0.15, 0.2) is 12.3 Å². The summed E-state index contributed by atoms with van der Waals surface area (Å²) in [6, 6.07) is 2.97. The first kappa shape index (κ1) is 14.7. The minimum atomic E-state index is -0.957. The highest BCUT2D eigenvalue weighted by atomic mass is 16.6. The van der Waals surface area contributed by atoms with Gasteiger partial charge >= 0.3 is 11.7 Å². The molecule has 2 rings (SSSR count). The molecule has 1 saturated heterocycles. The van der Waals surface area contributed by atoms with Crippen LogP contribution in [0.2, 0.25) is 0 Å². The fraction of sp³-hybridized carbons (Fsp3) is 0.462. The molecule has 1 atom stereocenters. The normalized spacial score (nSPS) is 21.6. The number of nitrogens with zero attached hydrogens (tertiary/aromatic N) is 4. The highest BCUT2D eigenvalue weighted by Gasteiger charge is 2.39. The summed E-state index contributed by atoms with van der Waals surface area (Å²) in [6.07, 6.45) is 2.39. The largest absolute Gasteiger partial charge is 0.481 e. The monoisotopic (exact) mass is 290 g/mol. The Morgan fingerprint density at radius 1 is 1.67 bits per heavy atom. The Morgan fingerprint density at radius 2 is 2.38 bits per heavy atom. The lowest BCUT2D eigenvalue weighted by Gasteiger charge is -2.37. The number of anilines is 1. The molecule has 110 valence electrons. The topological polar surface area (TPSA) is 120 Å². The van der Waals surface area contributed by atoms with Crippen molar-refractivity contribution in [3.05, 3.63) is 27.9 Å². The fourth-order valence-corrected chi connectivity index (χ4v) is 2.48. The van der Waals surface area contributed by atoms with Crippen LogP contribution in [0.5, 0.6) is 0 Å². The summed E-state index contributed by atoms with van der Waals surface area (Å²) in [5.74, 6) is -0.810. The van der Waals surface area contributed by atoms with Gasteiger partial charge in [0.05, 0.1) is 15.9 Å². The van der Waals surface area contributed by atoms with E-state index in [1.807, 2.05) is 6.07 Å². The smallest absolute Gasteiger partial charge is 0.312 e. The molecule has 8 nitrogen and oxygen atoms in total. The molecule has 0 amide bonds. The Kier molecular flexibility index (Phi) is 3.76. The summed E-state index contributed by atoms with van der Waals surface area (Å²) in [4.78, 5) is 27.5. The number of carbonyl (C=O) groups is 1. The first-order valence-electron chi connectivity index (χ1n) is 6.40. The number of nitriles is 1. The van der Waals surface area contributed by atoms with Gasteiger partial charge in [-0.25, -0.2) is 4.98 Å². The Labute approximate surface area is 120 Å². The molecule has 0 radical (unpaired) electrons. The minimum Gasteiger partial charge on any atom is -0.481 e. The average molecular weight is 290 g/mol. The summed E-state index contributed by atoms with van der Waals surface area (Å²) < 4.78 is 0. The number of nitro groups is 1. The Morgan fingerprint density at radius 3 is 2.95 bits per heavy atom. The van der Waals surface area contributed by atoms with Crippen molar-refractivity contribution in [2.75, 3.05) is 18.0 Å². The number of aliphatic carboxylic acids is 1. The molecule has 0 saturated carbocycles. The Hall–Kier alpha value is -2.69. The molecule has 1 aliphatic rings. The van der Waals surface area contributed by atoms with E-state index < -0.39 is 16.3 Å². The summed E-state index contributed by atoms with van der Waals surface area (Å²) in [5.41, 5.74) is -1.13. The van der Waals surface area contributed by atoms with Gasteiger partial charge in [-0.1, -0.05) is 0 Å². The van der Waals surface area contributed by atoms with E-state index in [0.717, 1.165) is 6.07 Å². The number of aromatic nitrogens is 1. The van der Waals surface area contributed by atoms with Crippen LogP contribution >= 0.6 is 0 Å². The van der Waals surface area contributed by atoms with Crippen molar-refractivity contribution in [3.63, 3.8) is 0 Å². The molecular formula is C13H14N4O4. The van der Waals surface area contributed by atoms with Crippen LogP contribution in [0.25, 0.3) is 0 Å². The van der Waals surface area contributed by atoms with Gasteiger partial charge in [-0.05, 0) is 19.8 Å². The van der Waals surface area contributed by atoms with Crippen LogP contribution in [0.3, 0.4) is 0 Å². The van der Waals surface area contributed by atoms with Crippen LogP contribution in [0.1, 0.15) is 25.3 Å². The maximum Gasteiger partial charge on any atom is 0.312 e. The summed E-state index contributed by atoms with van der Waals surface area (Å²) in [6.45, 7) is 2.28. The van der Waals surface area contributed by atoms with Gasteiger partial charge in [0, 0.05) is 25.4 Å². The van der Waals surface area contributed by atoms with Crippen LogP contribution in [-0.4, -0.2) is 34.1 Å². The molecule has 1 aromatic rings. The molecule has 2 heterocycles. The standard InChI is InChI=1S/C13H14N4O4/c1-13(12(18)19)3-2-4-16(8-13)11-10(17(20)21)5-9(6-14)7-15-11/h5,7H,2-4,8H2,1H3,(H,18,19). The van der Waals surface area contributed by atoms with Gasteiger partial charge in [0.1, 0.15) is 6.07 Å².